The molecule has 0 radical (unpaired) electrons. The Morgan fingerprint density at radius 3 is 2.75 bits per heavy atom. The molecule has 0 amide bonds. The zero-order valence-corrected chi connectivity index (χ0v) is 4.51. The molecule has 0 saturated carbocycles. The number of rotatable bonds is 1. The first kappa shape index (κ1) is 5.69. The second kappa shape index (κ2) is 2.22. The third-order valence-electron chi connectivity index (χ3n) is 1.39. The Balaban J connectivity index is 2.41. The van der Waals surface area contributed by atoms with E-state index in [0.717, 1.165) is 6.42 Å². The number of aldehydes is 1. The summed E-state index contributed by atoms with van der Waals surface area (Å²) in [5, 5.41) is 0.590. The quantitative estimate of drug-likeness (QED) is 0.369. The number of halogens is 1. The van der Waals surface area contributed by atoms with Gasteiger partial charge in [0, 0.05) is 6.54 Å². The summed E-state index contributed by atoms with van der Waals surface area (Å²) in [6, 6.07) is -0.449. The summed E-state index contributed by atoms with van der Waals surface area (Å²) in [5.74, 6) is 0. The van der Waals surface area contributed by atoms with Gasteiger partial charge in [-0.3, -0.25) is 0 Å². The molecule has 1 atom stereocenters. The highest BCUT2D eigenvalue weighted by atomic mass is 19.2. The van der Waals surface area contributed by atoms with E-state index in [4.69, 9.17) is 0 Å². The summed E-state index contributed by atoms with van der Waals surface area (Å²) in [5.41, 5.74) is 0. The molecule has 1 saturated heterocycles. The van der Waals surface area contributed by atoms with Gasteiger partial charge in [0.15, 0.2) is 0 Å². The zero-order valence-electron chi connectivity index (χ0n) is 4.51. The Morgan fingerprint density at radius 2 is 2.50 bits per heavy atom. The molecule has 2 nitrogen and oxygen atoms in total. The summed E-state index contributed by atoms with van der Waals surface area (Å²) in [7, 11) is 0. The summed E-state index contributed by atoms with van der Waals surface area (Å²) >= 11 is 0. The molecule has 46 valence electrons. The summed E-state index contributed by atoms with van der Waals surface area (Å²) in [4.78, 5) is 9.94. The Bertz CT molecular complexity index is 96.4. The zero-order chi connectivity index (χ0) is 5.98. The van der Waals surface area contributed by atoms with E-state index in [2.05, 4.69) is 0 Å². The predicted molar refractivity (Wildman–Crippen MR) is 26.9 cm³/mol. The van der Waals surface area contributed by atoms with Gasteiger partial charge in [-0.2, -0.15) is 0 Å². The van der Waals surface area contributed by atoms with E-state index in [0.29, 0.717) is 24.4 Å². The fourth-order valence-corrected chi connectivity index (χ4v) is 0.891. The molecule has 0 aromatic heterocycles. The van der Waals surface area contributed by atoms with E-state index in [-0.39, 0.29) is 0 Å². The highest BCUT2D eigenvalue weighted by molar-refractivity contribution is 5.57. The predicted octanol–water partition coefficient (Wildman–Crippen LogP) is 0.534. The Hall–Kier alpha value is -0.440. The van der Waals surface area contributed by atoms with Crippen LogP contribution in [0.25, 0.3) is 0 Å². The van der Waals surface area contributed by atoms with Crippen molar-refractivity contribution in [3.8, 4) is 0 Å². The van der Waals surface area contributed by atoms with E-state index >= 15 is 0 Å². The van der Waals surface area contributed by atoms with Crippen LogP contribution in [0.4, 0.5) is 4.48 Å². The first-order chi connectivity index (χ1) is 3.84. The third kappa shape index (κ3) is 0.865. The van der Waals surface area contributed by atoms with Crippen LogP contribution in [0.3, 0.4) is 0 Å². The van der Waals surface area contributed by atoms with Gasteiger partial charge in [-0.25, -0.2) is 0 Å². The number of hydrogen-bond acceptors (Lipinski definition) is 2. The molecule has 1 heterocycles. The molecule has 1 unspecified atom stereocenters. The van der Waals surface area contributed by atoms with Crippen molar-refractivity contribution >= 4 is 6.29 Å². The molecule has 0 N–H and O–H groups in total. The van der Waals surface area contributed by atoms with Gasteiger partial charge in [0.1, 0.15) is 6.29 Å². The molecule has 0 aliphatic carbocycles. The lowest BCUT2D eigenvalue weighted by atomic mass is 10.2. The van der Waals surface area contributed by atoms with Gasteiger partial charge in [0.2, 0.25) is 0 Å². The van der Waals surface area contributed by atoms with Crippen molar-refractivity contribution in [3.05, 3.63) is 0 Å². The maximum Gasteiger partial charge on any atom is 0.139 e. The molecule has 0 aromatic carbocycles. The molecule has 0 spiro atoms. The van der Waals surface area contributed by atoms with Crippen molar-refractivity contribution in [2.24, 2.45) is 0 Å². The summed E-state index contributed by atoms with van der Waals surface area (Å²) in [6.45, 7) is 0.420. The highest BCUT2D eigenvalue weighted by Gasteiger charge is 2.22. The van der Waals surface area contributed by atoms with Gasteiger partial charge in [-0.1, -0.05) is 0 Å². The van der Waals surface area contributed by atoms with Crippen LogP contribution in [-0.4, -0.2) is 24.0 Å². The van der Waals surface area contributed by atoms with Crippen LogP contribution in [0.2, 0.25) is 0 Å². The maximum absolute atomic E-state index is 12.2. The van der Waals surface area contributed by atoms with Crippen molar-refractivity contribution < 1.29 is 9.28 Å². The standard InChI is InChI=1S/C5H8FNO/c6-7-3-1-2-5(7)4-8/h4-5H,1-3H2. The fraction of sp³-hybridized carbons (Fsp3) is 0.800. The van der Waals surface area contributed by atoms with Crippen LogP contribution in [0, 0.1) is 0 Å². The average molecular weight is 117 g/mol. The van der Waals surface area contributed by atoms with E-state index < -0.39 is 6.04 Å². The number of carbonyl (C=O) groups is 1. The van der Waals surface area contributed by atoms with E-state index in [1.54, 1.807) is 0 Å². The van der Waals surface area contributed by atoms with Crippen LogP contribution in [0.1, 0.15) is 12.8 Å². The second-order valence-electron chi connectivity index (χ2n) is 1.97. The van der Waals surface area contributed by atoms with Crippen molar-refractivity contribution in [2.45, 2.75) is 18.9 Å². The minimum atomic E-state index is -0.449. The van der Waals surface area contributed by atoms with E-state index in [1.807, 2.05) is 0 Å². The lowest BCUT2D eigenvalue weighted by Gasteiger charge is -2.04. The Labute approximate surface area is 47.2 Å². The molecular formula is C5H8FNO. The third-order valence-corrected chi connectivity index (χ3v) is 1.39. The number of carbonyl (C=O) groups excluding carboxylic acids is 1. The molecule has 1 aliphatic rings. The van der Waals surface area contributed by atoms with Crippen molar-refractivity contribution in [1.29, 1.82) is 0 Å². The molecule has 1 fully saturated rings. The lowest BCUT2D eigenvalue weighted by Crippen LogP contribution is -2.21. The minimum absolute atomic E-state index is 0.420. The topological polar surface area (TPSA) is 20.3 Å². The molecule has 3 heteroatoms. The van der Waals surface area contributed by atoms with Crippen molar-refractivity contribution in [3.63, 3.8) is 0 Å². The second-order valence-corrected chi connectivity index (χ2v) is 1.97. The molecule has 1 aliphatic heterocycles. The summed E-state index contributed by atoms with van der Waals surface area (Å²) in [6.07, 6.45) is 2.15. The van der Waals surface area contributed by atoms with Gasteiger partial charge < -0.3 is 4.79 Å². The van der Waals surface area contributed by atoms with Crippen LogP contribution >= 0.6 is 0 Å². The van der Waals surface area contributed by atoms with Crippen LogP contribution in [0.15, 0.2) is 0 Å². The monoisotopic (exact) mass is 117 g/mol. The fourth-order valence-electron chi connectivity index (χ4n) is 0.891. The molecule has 0 aromatic rings. The van der Waals surface area contributed by atoms with Crippen molar-refractivity contribution in [1.82, 2.24) is 5.12 Å². The van der Waals surface area contributed by atoms with E-state index in [1.165, 1.54) is 0 Å². The first-order valence-corrected chi connectivity index (χ1v) is 2.72. The average Bonchev–Trinajstić information content (AvgIpc) is 2.14. The Morgan fingerprint density at radius 1 is 1.75 bits per heavy atom. The van der Waals surface area contributed by atoms with Crippen LogP contribution in [-0.2, 0) is 4.79 Å². The highest BCUT2D eigenvalue weighted by Crippen LogP contribution is 2.14. The minimum Gasteiger partial charge on any atom is -0.302 e. The van der Waals surface area contributed by atoms with E-state index in [9.17, 15) is 9.28 Å². The smallest absolute Gasteiger partial charge is 0.139 e. The van der Waals surface area contributed by atoms with Gasteiger partial charge in [-0.05, 0) is 12.8 Å². The number of nitrogens with zero attached hydrogens (tertiary/aromatic N) is 1. The van der Waals surface area contributed by atoms with Gasteiger partial charge in [-0.15, -0.1) is 9.60 Å². The van der Waals surface area contributed by atoms with Gasteiger partial charge in [0.25, 0.3) is 0 Å². The lowest BCUT2D eigenvalue weighted by molar-refractivity contribution is -0.116. The summed E-state index contributed by atoms with van der Waals surface area (Å²) < 4.78 is 12.2. The van der Waals surface area contributed by atoms with Crippen LogP contribution < -0.4 is 0 Å². The molecule has 0 bridgehead atoms. The van der Waals surface area contributed by atoms with Gasteiger partial charge >= 0.3 is 0 Å². The maximum atomic E-state index is 12.2. The first-order valence-electron chi connectivity index (χ1n) is 2.72. The molecular weight excluding hydrogens is 109 g/mol. The Kier molecular flexibility index (Phi) is 1.58. The normalized spacial score (nSPS) is 30.9. The number of hydrogen-bond donors (Lipinski definition) is 0. The molecule has 1 rings (SSSR count). The van der Waals surface area contributed by atoms with Crippen molar-refractivity contribution in [2.75, 3.05) is 6.54 Å². The SMILES string of the molecule is O=CC1CCCN1F. The van der Waals surface area contributed by atoms with Gasteiger partial charge in [0.05, 0.1) is 6.04 Å². The van der Waals surface area contributed by atoms with Crippen LogP contribution in [0.5, 0.6) is 0 Å². The largest absolute Gasteiger partial charge is 0.302 e. The molecule has 8 heavy (non-hydrogen) atoms.